The number of imidazole rings is 1. The molecule has 1 N–H and O–H groups in total. The molecule has 0 radical (unpaired) electrons. The Morgan fingerprint density at radius 3 is 2.52 bits per heavy atom. The number of benzene rings is 1. The van der Waals surface area contributed by atoms with Crippen molar-refractivity contribution in [1.82, 2.24) is 19.4 Å². The zero-order valence-electron chi connectivity index (χ0n) is 16.8. The van der Waals surface area contributed by atoms with Gasteiger partial charge in [0.05, 0.1) is 12.7 Å². The van der Waals surface area contributed by atoms with Gasteiger partial charge in [-0.2, -0.15) is 13.2 Å². The third-order valence-corrected chi connectivity index (χ3v) is 4.65. The Labute approximate surface area is 175 Å². The van der Waals surface area contributed by atoms with Crippen LogP contribution < -0.4 is 9.47 Å². The lowest BCUT2D eigenvalue weighted by atomic mass is 10.2. The summed E-state index contributed by atoms with van der Waals surface area (Å²) in [6.45, 7) is 3.50. The monoisotopic (exact) mass is 442 g/mol. The minimum absolute atomic E-state index is 0.00188. The van der Waals surface area contributed by atoms with Crippen LogP contribution in [-0.2, 0) is 24.4 Å². The zero-order chi connectivity index (χ0) is 22.8. The second-order valence-corrected chi connectivity index (χ2v) is 7.11. The Kier molecular flexibility index (Phi) is 6.39. The molecular formula is C19H21F3N4O5. The number of carboxylic acid groups (broad SMARTS) is 1. The Hall–Kier alpha value is -3.28. The first-order chi connectivity index (χ1) is 14.6. The molecule has 1 aromatic carbocycles. The number of carbonyl (C=O) groups excluding carboxylic acids is 1. The Morgan fingerprint density at radius 1 is 1.19 bits per heavy atom. The van der Waals surface area contributed by atoms with Crippen molar-refractivity contribution in [3.8, 4) is 11.5 Å². The van der Waals surface area contributed by atoms with Crippen molar-refractivity contribution >= 4 is 11.9 Å². The maximum Gasteiger partial charge on any atom is 0.490 e. The van der Waals surface area contributed by atoms with Crippen LogP contribution in [0.25, 0.3) is 0 Å². The van der Waals surface area contributed by atoms with Crippen LogP contribution >= 0.6 is 0 Å². The normalized spacial score (nSPS) is 15.0. The van der Waals surface area contributed by atoms with Gasteiger partial charge in [-0.3, -0.25) is 9.69 Å². The predicted molar refractivity (Wildman–Crippen MR) is 101 cm³/mol. The minimum Gasteiger partial charge on any atom is -0.475 e. The Bertz CT molecular complexity index is 974. The van der Waals surface area contributed by atoms with Crippen molar-refractivity contribution in [2.24, 2.45) is 0 Å². The number of ether oxygens (including phenoxy) is 2. The molecule has 3 heterocycles. The van der Waals surface area contributed by atoms with Crippen molar-refractivity contribution in [2.75, 3.05) is 27.4 Å². The molecule has 2 aromatic rings. The van der Waals surface area contributed by atoms with E-state index in [0.717, 1.165) is 43.5 Å². The molecule has 1 aromatic heterocycles. The number of hydrogen-bond donors (Lipinski definition) is 1. The molecular weight excluding hydrogens is 421 g/mol. The first kappa shape index (κ1) is 22.4. The van der Waals surface area contributed by atoms with Crippen LogP contribution in [0.2, 0.25) is 0 Å². The van der Waals surface area contributed by atoms with Crippen LogP contribution in [0.15, 0.2) is 24.4 Å². The second kappa shape index (κ2) is 8.84. The number of alkyl halides is 3. The van der Waals surface area contributed by atoms with Gasteiger partial charge in [-0.25, -0.2) is 9.78 Å². The molecule has 0 atom stereocenters. The van der Waals surface area contributed by atoms with Crippen LogP contribution in [0.4, 0.5) is 13.2 Å². The fraction of sp³-hybridized carbons (Fsp3) is 0.421. The summed E-state index contributed by atoms with van der Waals surface area (Å²) in [6.07, 6.45) is -3.40. The van der Waals surface area contributed by atoms with Gasteiger partial charge in [0.15, 0.2) is 11.5 Å². The summed E-state index contributed by atoms with van der Waals surface area (Å²) in [5.74, 6) is -0.206. The lowest BCUT2D eigenvalue weighted by Crippen LogP contribution is -2.35. The topological polar surface area (TPSA) is 97.1 Å². The van der Waals surface area contributed by atoms with Crippen LogP contribution in [0.1, 0.15) is 21.9 Å². The van der Waals surface area contributed by atoms with E-state index in [-0.39, 0.29) is 5.91 Å². The highest BCUT2D eigenvalue weighted by Gasteiger charge is 2.38. The standard InChI is InChI=1S/C17H20N4O3.C2HF3O2/c1-19(2)17(22)13-8-18-16-10-20(5-6-21(13)16)9-12-3-4-14-15(7-12)24-11-23-14;3-2(4,5)1(6)7/h3-4,7-8H,5-6,9-11H2,1-2H3;(H,6,7). The highest BCUT2D eigenvalue weighted by atomic mass is 19.4. The fourth-order valence-corrected chi connectivity index (χ4v) is 3.14. The fourth-order valence-electron chi connectivity index (χ4n) is 3.14. The van der Waals surface area contributed by atoms with Crippen molar-refractivity contribution in [1.29, 1.82) is 0 Å². The quantitative estimate of drug-likeness (QED) is 0.776. The van der Waals surface area contributed by atoms with E-state index in [1.54, 1.807) is 25.2 Å². The number of aromatic nitrogens is 2. The number of rotatable bonds is 3. The van der Waals surface area contributed by atoms with Gasteiger partial charge in [0.25, 0.3) is 5.91 Å². The van der Waals surface area contributed by atoms with Gasteiger partial charge < -0.3 is 24.0 Å². The van der Waals surface area contributed by atoms with Crippen molar-refractivity contribution < 1.29 is 37.3 Å². The van der Waals surface area contributed by atoms with Crippen LogP contribution in [0.3, 0.4) is 0 Å². The van der Waals surface area contributed by atoms with Gasteiger partial charge >= 0.3 is 12.1 Å². The number of amides is 1. The van der Waals surface area contributed by atoms with Gasteiger partial charge in [-0.1, -0.05) is 6.07 Å². The van der Waals surface area contributed by atoms with E-state index in [1.165, 1.54) is 5.56 Å². The summed E-state index contributed by atoms with van der Waals surface area (Å²) < 4.78 is 44.5. The first-order valence-corrected chi connectivity index (χ1v) is 9.23. The highest BCUT2D eigenvalue weighted by molar-refractivity contribution is 5.92. The average molecular weight is 442 g/mol. The molecule has 2 aliphatic rings. The maximum atomic E-state index is 12.2. The maximum absolute atomic E-state index is 12.2. The highest BCUT2D eigenvalue weighted by Crippen LogP contribution is 2.33. The summed E-state index contributed by atoms with van der Waals surface area (Å²) in [4.78, 5) is 29.4. The summed E-state index contributed by atoms with van der Waals surface area (Å²) in [6, 6.07) is 6.05. The number of carbonyl (C=O) groups is 2. The molecule has 31 heavy (non-hydrogen) atoms. The smallest absolute Gasteiger partial charge is 0.475 e. The number of halogens is 3. The summed E-state index contributed by atoms with van der Waals surface area (Å²) in [5.41, 5.74) is 1.85. The van der Waals surface area contributed by atoms with E-state index < -0.39 is 12.1 Å². The molecule has 0 saturated heterocycles. The van der Waals surface area contributed by atoms with E-state index >= 15 is 0 Å². The van der Waals surface area contributed by atoms with E-state index in [4.69, 9.17) is 19.4 Å². The largest absolute Gasteiger partial charge is 0.490 e. The lowest BCUT2D eigenvalue weighted by molar-refractivity contribution is -0.192. The van der Waals surface area contributed by atoms with E-state index in [9.17, 15) is 18.0 Å². The lowest BCUT2D eigenvalue weighted by Gasteiger charge is -2.28. The number of carboxylic acids is 1. The minimum atomic E-state index is -5.08. The van der Waals surface area contributed by atoms with E-state index in [2.05, 4.69) is 16.0 Å². The molecule has 12 heteroatoms. The third kappa shape index (κ3) is 5.26. The van der Waals surface area contributed by atoms with Crippen molar-refractivity contribution in [3.05, 3.63) is 41.5 Å². The van der Waals surface area contributed by atoms with Crippen molar-refractivity contribution in [3.63, 3.8) is 0 Å². The number of aliphatic carboxylic acids is 1. The summed E-state index contributed by atoms with van der Waals surface area (Å²) in [7, 11) is 3.52. The number of nitrogens with zero attached hydrogens (tertiary/aromatic N) is 4. The molecule has 0 spiro atoms. The first-order valence-electron chi connectivity index (χ1n) is 9.23. The zero-order valence-corrected chi connectivity index (χ0v) is 16.8. The molecule has 2 aliphatic heterocycles. The summed E-state index contributed by atoms with van der Waals surface area (Å²) >= 11 is 0. The molecule has 0 bridgehead atoms. The van der Waals surface area contributed by atoms with Crippen LogP contribution in [-0.4, -0.2) is 69.9 Å². The van der Waals surface area contributed by atoms with Gasteiger partial charge in [-0.05, 0) is 17.7 Å². The van der Waals surface area contributed by atoms with Crippen LogP contribution in [0.5, 0.6) is 11.5 Å². The summed E-state index contributed by atoms with van der Waals surface area (Å²) in [5, 5.41) is 7.12. The molecule has 1 amide bonds. The van der Waals surface area contributed by atoms with E-state index in [0.29, 0.717) is 12.5 Å². The van der Waals surface area contributed by atoms with E-state index in [1.807, 2.05) is 16.7 Å². The Morgan fingerprint density at radius 2 is 1.87 bits per heavy atom. The average Bonchev–Trinajstić information content (AvgIpc) is 3.33. The molecule has 0 saturated carbocycles. The molecule has 0 unspecified atom stereocenters. The molecule has 0 fully saturated rings. The SMILES string of the molecule is CN(C)C(=O)c1cnc2n1CCN(Cc1ccc3c(c1)OCO3)C2.O=C(O)C(F)(F)F. The van der Waals surface area contributed by atoms with Gasteiger partial charge in [-0.15, -0.1) is 0 Å². The Balaban J connectivity index is 0.000000339. The number of fused-ring (bicyclic) bond motifs is 2. The molecule has 9 nitrogen and oxygen atoms in total. The second-order valence-electron chi connectivity index (χ2n) is 7.11. The van der Waals surface area contributed by atoms with Gasteiger partial charge in [0, 0.05) is 33.7 Å². The van der Waals surface area contributed by atoms with Crippen LogP contribution in [0, 0.1) is 0 Å². The molecule has 0 aliphatic carbocycles. The van der Waals surface area contributed by atoms with Crippen molar-refractivity contribution in [2.45, 2.75) is 25.8 Å². The number of hydrogen-bond acceptors (Lipinski definition) is 6. The van der Waals surface area contributed by atoms with Gasteiger partial charge in [0.2, 0.25) is 6.79 Å². The third-order valence-electron chi connectivity index (χ3n) is 4.65. The predicted octanol–water partition coefficient (Wildman–Crippen LogP) is 1.96. The molecule has 168 valence electrons. The molecule has 4 rings (SSSR count). The van der Waals surface area contributed by atoms with Gasteiger partial charge in [0.1, 0.15) is 11.5 Å².